The molecule has 2 heterocycles. The summed E-state index contributed by atoms with van der Waals surface area (Å²) in [6.45, 7) is 1.97. The van der Waals surface area contributed by atoms with Crippen molar-refractivity contribution in [2.24, 2.45) is 0 Å². The molecule has 0 radical (unpaired) electrons. The van der Waals surface area contributed by atoms with Gasteiger partial charge in [-0.25, -0.2) is 4.79 Å². The van der Waals surface area contributed by atoms with E-state index < -0.39 is 0 Å². The lowest BCUT2D eigenvalue weighted by Crippen LogP contribution is -2.51. The number of hydrogen-bond acceptors (Lipinski definition) is 3. The van der Waals surface area contributed by atoms with E-state index in [-0.39, 0.29) is 23.7 Å². The number of benzene rings is 1. The molecule has 1 aromatic heterocycles. The van der Waals surface area contributed by atoms with E-state index in [1.165, 1.54) is 6.42 Å². The van der Waals surface area contributed by atoms with Gasteiger partial charge in [-0.3, -0.25) is 4.98 Å². The quantitative estimate of drug-likeness (QED) is 0.893. The summed E-state index contributed by atoms with van der Waals surface area (Å²) in [5.74, 6) is 0.904. The molecule has 2 N–H and O–H groups in total. The summed E-state index contributed by atoms with van der Waals surface area (Å²) >= 11 is 0. The number of hydrogen-bond donors (Lipinski definition) is 2. The monoisotopic (exact) mass is 337 g/mol. The SMILES string of the molecule is C[C@H](NC(=O)N[C@H]1CC2(CCC2)Oc2ccccc21)c1ccncc1. The van der Waals surface area contributed by atoms with E-state index in [9.17, 15) is 4.79 Å². The van der Waals surface area contributed by atoms with Gasteiger partial charge in [-0.1, -0.05) is 18.2 Å². The van der Waals surface area contributed by atoms with Crippen LogP contribution < -0.4 is 15.4 Å². The van der Waals surface area contributed by atoms with E-state index in [2.05, 4.69) is 15.6 Å². The van der Waals surface area contributed by atoms with Crippen molar-refractivity contribution in [3.05, 3.63) is 59.9 Å². The molecule has 2 aliphatic rings. The molecular weight excluding hydrogens is 314 g/mol. The molecule has 1 aromatic carbocycles. The zero-order valence-electron chi connectivity index (χ0n) is 14.4. The van der Waals surface area contributed by atoms with Crippen LogP contribution >= 0.6 is 0 Å². The minimum absolute atomic E-state index is 0.0186. The van der Waals surface area contributed by atoms with E-state index in [1.54, 1.807) is 12.4 Å². The van der Waals surface area contributed by atoms with Crippen LogP contribution in [-0.2, 0) is 0 Å². The first-order valence-electron chi connectivity index (χ1n) is 8.90. The van der Waals surface area contributed by atoms with Gasteiger partial charge in [-0.15, -0.1) is 0 Å². The minimum atomic E-state index is -0.152. The van der Waals surface area contributed by atoms with Crippen molar-refractivity contribution in [2.75, 3.05) is 0 Å². The average Bonchev–Trinajstić information content (AvgIpc) is 2.61. The zero-order chi connectivity index (χ0) is 17.3. The molecule has 130 valence electrons. The summed E-state index contributed by atoms with van der Waals surface area (Å²) in [5.41, 5.74) is 2.00. The molecule has 0 bridgehead atoms. The Kier molecular flexibility index (Phi) is 4.07. The van der Waals surface area contributed by atoms with Gasteiger partial charge in [-0.2, -0.15) is 0 Å². The predicted molar refractivity (Wildman–Crippen MR) is 95.3 cm³/mol. The second-order valence-electron chi connectivity index (χ2n) is 7.05. The molecule has 0 saturated heterocycles. The summed E-state index contributed by atoms with van der Waals surface area (Å²) in [5, 5.41) is 6.17. The van der Waals surface area contributed by atoms with Crippen LogP contribution in [0.4, 0.5) is 4.79 Å². The normalized spacial score (nSPS) is 21.4. The molecule has 1 saturated carbocycles. The van der Waals surface area contributed by atoms with Crippen molar-refractivity contribution in [2.45, 2.75) is 50.3 Å². The summed E-state index contributed by atoms with van der Waals surface area (Å²) in [7, 11) is 0. The fourth-order valence-electron chi connectivity index (χ4n) is 3.76. The van der Waals surface area contributed by atoms with Gasteiger partial charge in [-0.05, 0) is 49.9 Å². The van der Waals surface area contributed by atoms with Crippen molar-refractivity contribution in [3.8, 4) is 5.75 Å². The Bertz CT molecular complexity index is 759. The Hall–Kier alpha value is -2.56. The van der Waals surface area contributed by atoms with Gasteiger partial charge in [0, 0.05) is 24.4 Å². The maximum atomic E-state index is 12.5. The molecule has 2 atom stereocenters. The lowest BCUT2D eigenvalue weighted by Gasteiger charge is -2.48. The number of ether oxygens (including phenoxy) is 1. The number of para-hydroxylation sites is 1. The molecule has 25 heavy (non-hydrogen) atoms. The van der Waals surface area contributed by atoms with Crippen molar-refractivity contribution in [3.63, 3.8) is 0 Å². The highest BCUT2D eigenvalue weighted by atomic mass is 16.5. The van der Waals surface area contributed by atoms with E-state index in [4.69, 9.17) is 4.74 Å². The van der Waals surface area contributed by atoms with Crippen LogP contribution in [0.15, 0.2) is 48.8 Å². The number of amides is 2. The van der Waals surface area contributed by atoms with E-state index in [0.29, 0.717) is 0 Å². The van der Waals surface area contributed by atoms with Gasteiger partial charge < -0.3 is 15.4 Å². The van der Waals surface area contributed by atoms with Gasteiger partial charge >= 0.3 is 6.03 Å². The highest BCUT2D eigenvalue weighted by Crippen LogP contribution is 2.48. The Morgan fingerprint density at radius 3 is 2.72 bits per heavy atom. The standard InChI is InChI=1S/C20H23N3O2/c1-14(15-7-11-21-12-8-15)22-19(24)23-17-13-20(9-4-10-20)25-18-6-3-2-5-16(17)18/h2-3,5-8,11-12,14,17H,4,9-10,13H2,1H3,(H2,22,23,24)/t14-,17-/m0/s1. The number of carbonyl (C=O) groups is 1. The maximum Gasteiger partial charge on any atom is 0.315 e. The number of nitrogens with one attached hydrogen (secondary N) is 2. The third-order valence-electron chi connectivity index (χ3n) is 5.32. The van der Waals surface area contributed by atoms with E-state index in [0.717, 1.165) is 36.1 Å². The lowest BCUT2D eigenvalue weighted by molar-refractivity contribution is -0.0355. The van der Waals surface area contributed by atoms with Crippen LogP contribution in [-0.4, -0.2) is 16.6 Å². The second kappa shape index (κ2) is 6.39. The zero-order valence-corrected chi connectivity index (χ0v) is 14.4. The molecule has 1 aliphatic heterocycles. The third kappa shape index (κ3) is 3.18. The number of rotatable bonds is 3. The molecule has 5 heteroatoms. The van der Waals surface area contributed by atoms with Gasteiger partial charge in [0.25, 0.3) is 0 Å². The number of aromatic nitrogens is 1. The van der Waals surface area contributed by atoms with Gasteiger partial charge in [0.05, 0.1) is 12.1 Å². The lowest BCUT2D eigenvalue weighted by atomic mass is 9.73. The Morgan fingerprint density at radius 2 is 2.00 bits per heavy atom. The molecule has 1 aliphatic carbocycles. The second-order valence-corrected chi connectivity index (χ2v) is 7.05. The molecule has 0 unspecified atom stereocenters. The number of fused-ring (bicyclic) bond motifs is 1. The Balaban J connectivity index is 1.47. The summed E-state index contributed by atoms with van der Waals surface area (Å²) in [6.07, 6.45) is 7.63. The molecule has 4 rings (SSSR count). The Labute approximate surface area is 147 Å². The fourth-order valence-corrected chi connectivity index (χ4v) is 3.76. The molecular formula is C20H23N3O2. The molecule has 2 aromatic rings. The van der Waals surface area contributed by atoms with Gasteiger partial charge in [0.15, 0.2) is 0 Å². The van der Waals surface area contributed by atoms with E-state index in [1.807, 2.05) is 43.3 Å². The van der Waals surface area contributed by atoms with Crippen LogP contribution in [0.2, 0.25) is 0 Å². The highest BCUT2D eigenvalue weighted by Gasteiger charge is 2.45. The van der Waals surface area contributed by atoms with Crippen molar-refractivity contribution >= 4 is 6.03 Å². The van der Waals surface area contributed by atoms with Crippen LogP contribution in [0.1, 0.15) is 55.8 Å². The van der Waals surface area contributed by atoms with Crippen LogP contribution in [0.25, 0.3) is 0 Å². The van der Waals surface area contributed by atoms with Crippen LogP contribution in [0.3, 0.4) is 0 Å². The van der Waals surface area contributed by atoms with Crippen molar-refractivity contribution < 1.29 is 9.53 Å². The topological polar surface area (TPSA) is 63.2 Å². The van der Waals surface area contributed by atoms with Crippen molar-refractivity contribution in [1.82, 2.24) is 15.6 Å². The third-order valence-corrected chi connectivity index (χ3v) is 5.32. The summed E-state index contributed by atoms with van der Waals surface area (Å²) < 4.78 is 6.24. The molecule has 2 amide bonds. The fraction of sp³-hybridized carbons (Fsp3) is 0.400. The van der Waals surface area contributed by atoms with Crippen molar-refractivity contribution in [1.29, 1.82) is 0 Å². The molecule has 1 spiro atoms. The van der Waals surface area contributed by atoms with E-state index >= 15 is 0 Å². The molecule has 5 nitrogen and oxygen atoms in total. The maximum absolute atomic E-state index is 12.5. The number of urea groups is 1. The first kappa shape index (κ1) is 15.9. The van der Waals surface area contributed by atoms with Gasteiger partial charge in [0.2, 0.25) is 0 Å². The summed E-state index contributed by atoms with van der Waals surface area (Å²) in [6, 6.07) is 11.6. The average molecular weight is 337 g/mol. The minimum Gasteiger partial charge on any atom is -0.487 e. The first-order chi connectivity index (χ1) is 12.2. The number of nitrogens with zero attached hydrogens (tertiary/aromatic N) is 1. The predicted octanol–water partition coefficient (Wildman–Crippen LogP) is 3.89. The number of pyridine rings is 1. The summed E-state index contributed by atoms with van der Waals surface area (Å²) in [4.78, 5) is 16.6. The Morgan fingerprint density at radius 1 is 1.24 bits per heavy atom. The first-order valence-corrected chi connectivity index (χ1v) is 8.90. The van der Waals surface area contributed by atoms with Crippen LogP contribution in [0, 0.1) is 0 Å². The number of carbonyl (C=O) groups excluding carboxylic acids is 1. The highest BCUT2D eigenvalue weighted by molar-refractivity contribution is 5.75. The van der Waals surface area contributed by atoms with Gasteiger partial charge in [0.1, 0.15) is 11.4 Å². The smallest absolute Gasteiger partial charge is 0.315 e. The molecule has 1 fully saturated rings. The van der Waals surface area contributed by atoms with Crippen LogP contribution in [0.5, 0.6) is 5.75 Å². The largest absolute Gasteiger partial charge is 0.487 e.